The van der Waals surface area contributed by atoms with Crippen LogP contribution < -0.4 is 10.5 Å². The summed E-state index contributed by atoms with van der Waals surface area (Å²) in [5, 5.41) is 0. The Morgan fingerprint density at radius 3 is 2.60 bits per heavy atom. The molecule has 3 heteroatoms. The van der Waals surface area contributed by atoms with Crippen LogP contribution in [0.4, 0.5) is 4.39 Å². The van der Waals surface area contributed by atoms with E-state index in [2.05, 4.69) is 0 Å². The first-order valence-electron chi connectivity index (χ1n) is 5.15. The summed E-state index contributed by atoms with van der Waals surface area (Å²) in [4.78, 5) is 0. The second kappa shape index (κ2) is 3.49. The standard InChI is InChI=1S/C12H16FNO/c1-8-5-10(15-2)3-4-11(8)12(13)6-9(14)7-12/h3-5,9H,6-7,14H2,1-2H3. The maximum Gasteiger partial charge on any atom is 0.139 e. The van der Waals surface area contributed by atoms with Crippen LogP contribution in [0.2, 0.25) is 0 Å². The average Bonchev–Trinajstić information content (AvgIpc) is 2.15. The molecule has 2 nitrogen and oxygen atoms in total. The van der Waals surface area contributed by atoms with Gasteiger partial charge in [0.1, 0.15) is 11.4 Å². The summed E-state index contributed by atoms with van der Waals surface area (Å²) in [6.07, 6.45) is 0.861. The van der Waals surface area contributed by atoms with Gasteiger partial charge in [-0.1, -0.05) is 6.07 Å². The van der Waals surface area contributed by atoms with Gasteiger partial charge in [-0.25, -0.2) is 4.39 Å². The third-order valence-electron chi connectivity index (χ3n) is 3.09. The van der Waals surface area contributed by atoms with Crippen LogP contribution in [0, 0.1) is 6.92 Å². The lowest BCUT2D eigenvalue weighted by molar-refractivity contribution is 0.0399. The number of methoxy groups -OCH3 is 1. The predicted octanol–water partition coefficient (Wildman–Crippen LogP) is 2.29. The molecule has 0 saturated heterocycles. The van der Waals surface area contributed by atoms with E-state index in [-0.39, 0.29) is 6.04 Å². The smallest absolute Gasteiger partial charge is 0.139 e. The first kappa shape index (κ1) is 10.4. The average molecular weight is 209 g/mol. The number of ether oxygens (including phenoxy) is 1. The number of hydrogen-bond acceptors (Lipinski definition) is 2. The number of benzene rings is 1. The molecule has 2 N–H and O–H groups in total. The van der Waals surface area contributed by atoms with Gasteiger partial charge < -0.3 is 10.5 Å². The molecule has 82 valence electrons. The van der Waals surface area contributed by atoms with E-state index in [1.165, 1.54) is 0 Å². The number of aryl methyl sites for hydroxylation is 1. The highest BCUT2D eigenvalue weighted by Gasteiger charge is 2.45. The molecule has 0 atom stereocenters. The molecule has 1 aromatic rings. The Labute approximate surface area is 89.2 Å². The number of nitrogens with two attached hydrogens (primary N) is 1. The van der Waals surface area contributed by atoms with Crippen molar-refractivity contribution in [3.8, 4) is 5.75 Å². The van der Waals surface area contributed by atoms with Crippen molar-refractivity contribution in [3.63, 3.8) is 0 Å². The van der Waals surface area contributed by atoms with Gasteiger partial charge in [0.2, 0.25) is 0 Å². The van der Waals surface area contributed by atoms with Crippen LogP contribution in [0.15, 0.2) is 18.2 Å². The summed E-state index contributed by atoms with van der Waals surface area (Å²) in [7, 11) is 1.61. The molecule has 0 spiro atoms. The van der Waals surface area contributed by atoms with E-state index in [0.29, 0.717) is 12.8 Å². The van der Waals surface area contributed by atoms with Crippen molar-refractivity contribution in [1.29, 1.82) is 0 Å². The maximum atomic E-state index is 14.3. The molecule has 0 unspecified atom stereocenters. The van der Waals surface area contributed by atoms with E-state index in [9.17, 15) is 4.39 Å². The lowest BCUT2D eigenvalue weighted by atomic mass is 9.72. The zero-order chi connectivity index (χ0) is 11.1. The largest absolute Gasteiger partial charge is 0.497 e. The van der Waals surface area contributed by atoms with Crippen LogP contribution >= 0.6 is 0 Å². The molecule has 0 radical (unpaired) electrons. The number of hydrogen-bond donors (Lipinski definition) is 1. The monoisotopic (exact) mass is 209 g/mol. The van der Waals surface area contributed by atoms with Crippen molar-refractivity contribution in [1.82, 2.24) is 0 Å². The second-order valence-electron chi connectivity index (χ2n) is 4.31. The van der Waals surface area contributed by atoms with E-state index >= 15 is 0 Å². The van der Waals surface area contributed by atoms with E-state index in [0.717, 1.165) is 16.9 Å². The van der Waals surface area contributed by atoms with Crippen molar-refractivity contribution < 1.29 is 9.13 Å². The quantitative estimate of drug-likeness (QED) is 0.811. The Bertz CT molecular complexity index is 372. The minimum Gasteiger partial charge on any atom is -0.497 e. The molecule has 0 aromatic heterocycles. The third-order valence-corrected chi connectivity index (χ3v) is 3.09. The lowest BCUT2D eigenvalue weighted by Crippen LogP contribution is -2.46. The molecule has 1 fully saturated rings. The van der Waals surface area contributed by atoms with Gasteiger partial charge in [-0.15, -0.1) is 0 Å². The summed E-state index contributed by atoms with van der Waals surface area (Å²) in [5.41, 5.74) is 6.11. The Hall–Kier alpha value is -1.09. The van der Waals surface area contributed by atoms with Crippen molar-refractivity contribution in [2.75, 3.05) is 7.11 Å². The fraction of sp³-hybridized carbons (Fsp3) is 0.500. The van der Waals surface area contributed by atoms with E-state index in [1.54, 1.807) is 19.2 Å². The van der Waals surface area contributed by atoms with Gasteiger partial charge in [-0.3, -0.25) is 0 Å². The molecule has 0 bridgehead atoms. The molecule has 1 aliphatic carbocycles. The van der Waals surface area contributed by atoms with Gasteiger partial charge in [-0.2, -0.15) is 0 Å². The van der Waals surface area contributed by atoms with Crippen molar-refractivity contribution >= 4 is 0 Å². The Morgan fingerprint density at radius 2 is 2.13 bits per heavy atom. The fourth-order valence-corrected chi connectivity index (χ4v) is 2.26. The molecule has 0 heterocycles. The highest BCUT2D eigenvalue weighted by Crippen LogP contribution is 2.45. The predicted molar refractivity (Wildman–Crippen MR) is 57.7 cm³/mol. The van der Waals surface area contributed by atoms with E-state index in [1.807, 2.05) is 13.0 Å². The van der Waals surface area contributed by atoms with Crippen molar-refractivity contribution in [2.45, 2.75) is 31.5 Å². The number of rotatable bonds is 2. The summed E-state index contributed by atoms with van der Waals surface area (Å²) >= 11 is 0. The van der Waals surface area contributed by atoms with Gasteiger partial charge in [0.15, 0.2) is 0 Å². The summed E-state index contributed by atoms with van der Waals surface area (Å²) in [6.45, 7) is 1.91. The van der Waals surface area contributed by atoms with Gasteiger partial charge in [0, 0.05) is 18.9 Å². The normalized spacial score (nSPS) is 29.7. The van der Waals surface area contributed by atoms with Gasteiger partial charge in [-0.05, 0) is 30.2 Å². The topological polar surface area (TPSA) is 35.2 Å². The van der Waals surface area contributed by atoms with Crippen LogP contribution in [-0.4, -0.2) is 13.2 Å². The Balaban J connectivity index is 2.29. The molecule has 0 aliphatic heterocycles. The molecule has 15 heavy (non-hydrogen) atoms. The minimum atomic E-state index is -1.21. The molecule has 1 aliphatic rings. The summed E-state index contributed by atoms with van der Waals surface area (Å²) in [6, 6.07) is 5.48. The van der Waals surface area contributed by atoms with Crippen molar-refractivity contribution in [2.24, 2.45) is 5.73 Å². The molecular formula is C12H16FNO. The Kier molecular flexibility index (Phi) is 2.43. The third kappa shape index (κ3) is 1.72. The molecule has 1 saturated carbocycles. The van der Waals surface area contributed by atoms with Crippen LogP contribution in [0.5, 0.6) is 5.75 Å². The Morgan fingerprint density at radius 1 is 1.47 bits per heavy atom. The molecule has 2 rings (SSSR count). The van der Waals surface area contributed by atoms with Gasteiger partial charge in [0.05, 0.1) is 7.11 Å². The first-order chi connectivity index (χ1) is 7.05. The van der Waals surface area contributed by atoms with Gasteiger partial charge >= 0.3 is 0 Å². The fourth-order valence-electron chi connectivity index (χ4n) is 2.26. The minimum absolute atomic E-state index is 0.0106. The molecular weight excluding hydrogens is 193 g/mol. The van der Waals surface area contributed by atoms with Crippen LogP contribution in [-0.2, 0) is 5.67 Å². The number of alkyl halides is 1. The zero-order valence-corrected chi connectivity index (χ0v) is 9.09. The van der Waals surface area contributed by atoms with Gasteiger partial charge in [0.25, 0.3) is 0 Å². The van der Waals surface area contributed by atoms with E-state index in [4.69, 9.17) is 10.5 Å². The van der Waals surface area contributed by atoms with E-state index < -0.39 is 5.67 Å². The van der Waals surface area contributed by atoms with Crippen LogP contribution in [0.1, 0.15) is 24.0 Å². The molecule has 0 amide bonds. The lowest BCUT2D eigenvalue weighted by Gasteiger charge is -2.40. The highest BCUT2D eigenvalue weighted by atomic mass is 19.1. The second-order valence-corrected chi connectivity index (χ2v) is 4.31. The molecule has 1 aromatic carbocycles. The zero-order valence-electron chi connectivity index (χ0n) is 9.09. The summed E-state index contributed by atoms with van der Waals surface area (Å²) < 4.78 is 19.4. The SMILES string of the molecule is COc1ccc(C2(F)CC(N)C2)c(C)c1. The highest BCUT2D eigenvalue weighted by molar-refractivity contribution is 5.39. The van der Waals surface area contributed by atoms with Crippen LogP contribution in [0.25, 0.3) is 0 Å². The first-order valence-corrected chi connectivity index (χ1v) is 5.15. The summed E-state index contributed by atoms with van der Waals surface area (Å²) in [5.74, 6) is 0.767. The maximum absolute atomic E-state index is 14.3. The van der Waals surface area contributed by atoms with Crippen LogP contribution in [0.3, 0.4) is 0 Å². The van der Waals surface area contributed by atoms with Crippen molar-refractivity contribution in [3.05, 3.63) is 29.3 Å². The number of halogens is 1.